The number of carbonyl (C=O) groups is 1. The average molecular weight is 520 g/mol. The zero-order valence-electron chi connectivity index (χ0n) is 18.7. The molecule has 0 bridgehead atoms. The molecule has 0 saturated heterocycles. The van der Waals surface area contributed by atoms with E-state index in [2.05, 4.69) is 10.1 Å². The van der Waals surface area contributed by atoms with E-state index in [1.807, 2.05) is 30.3 Å². The van der Waals surface area contributed by atoms with Gasteiger partial charge in [0.25, 0.3) is 11.6 Å². The van der Waals surface area contributed by atoms with E-state index in [1.54, 1.807) is 18.2 Å². The van der Waals surface area contributed by atoms with E-state index in [1.165, 1.54) is 53.9 Å². The molecular formula is C24H17N5O5S2. The number of hydrazone groups is 1. The SMILES string of the molecule is COc1ccc(-c2ccc(/C=C3/C(=N)N4N=C(SCc5ccccc5)SC4=NC3=O)o2)c([N+](=O)[O-])c1. The van der Waals surface area contributed by atoms with E-state index in [0.29, 0.717) is 21.0 Å². The molecule has 2 aliphatic heterocycles. The summed E-state index contributed by atoms with van der Waals surface area (Å²) >= 11 is 2.74. The molecule has 5 rings (SSSR count). The number of amides is 1. The molecule has 36 heavy (non-hydrogen) atoms. The van der Waals surface area contributed by atoms with Crippen LogP contribution in [0.5, 0.6) is 5.75 Å². The van der Waals surface area contributed by atoms with Gasteiger partial charge in [0.2, 0.25) is 5.17 Å². The highest BCUT2D eigenvalue weighted by molar-refractivity contribution is 8.45. The molecule has 1 N–H and O–H groups in total. The second-order valence-corrected chi connectivity index (χ2v) is 9.68. The van der Waals surface area contributed by atoms with Gasteiger partial charge in [-0.3, -0.25) is 20.3 Å². The second kappa shape index (κ2) is 9.84. The number of nitro benzene ring substituents is 1. The molecule has 3 aromatic rings. The lowest BCUT2D eigenvalue weighted by Crippen LogP contribution is -2.35. The molecule has 1 aromatic heterocycles. The third-order valence-corrected chi connectivity index (χ3v) is 7.33. The van der Waals surface area contributed by atoms with Crippen molar-refractivity contribution >= 4 is 56.6 Å². The van der Waals surface area contributed by atoms with E-state index in [0.717, 1.165) is 5.56 Å². The van der Waals surface area contributed by atoms with Crippen LogP contribution in [0.15, 0.2) is 80.7 Å². The van der Waals surface area contributed by atoms with Crippen molar-refractivity contribution in [2.75, 3.05) is 7.11 Å². The van der Waals surface area contributed by atoms with Crippen LogP contribution in [0.1, 0.15) is 11.3 Å². The van der Waals surface area contributed by atoms with Gasteiger partial charge in [-0.1, -0.05) is 42.1 Å². The number of ether oxygens (including phenoxy) is 1. The predicted molar refractivity (Wildman–Crippen MR) is 140 cm³/mol. The Morgan fingerprint density at radius 2 is 2.03 bits per heavy atom. The largest absolute Gasteiger partial charge is 0.497 e. The summed E-state index contributed by atoms with van der Waals surface area (Å²) in [7, 11) is 1.42. The molecular weight excluding hydrogens is 502 g/mol. The van der Waals surface area contributed by atoms with Gasteiger partial charge >= 0.3 is 0 Å². The number of hydrogen-bond acceptors (Lipinski definition) is 9. The second-order valence-electron chi connectivity index (χ2n) is 7.50. The van der Waals surface area contributed by atoms with Gasteiger partial charge in [-0.15, -0.1) is 5.10 Å². The van der Waals surface area contributed by atoms with Crippen molar-refractivity contribution in [1.29, 1.82) is 5.41 Å². The Kier molecular flexibility index (Phi) is 6.44. The summed E-state index contributed by atoms with van der Waals surface area (Å²) in [5.74, 6) is 0.822. The van der Waals surface area contributed by atoms with Crippen molar-refractivity contribution in [3.05, 3.63) is 87.7 Å². The molecule has 1 amide bonds. The Bertz CT molecular complexity index is 1480. The molecule has 2 aliphatic rings. The molecule has 3 heterocycles. The van der Waals surface area contributed by atoms with Crippen LogP contribution >= 0.6 is 23.5 Å². The third kappa shape index (κ3) is 4.68. The van der Waals surface area contributed by atoms with E-state index in [4.69, 9.17) is 14.6 Å². The van der Waals surface area contributed by atoms with Crippen LogP contribution in [0, 0.1) is 15.5 Å². The van der Waals surface area contributed by atoms with Gasteiger partial charge < -0.3 is 9.15 Å². The Labute approximate surface area is 213 Å². The molecule has 0 radical (unpaired) electrons. The van der Waals surface area contributed by atoms with Gasteiger partial charge in [0, 0.05) is 5.75 Å². The molecule has 0 atom stereocenters. The van der Waals surface area contributed by atoms with Gasteiger partial charge in [-0.25, -0.2) is 0 Å². The normalized spacial score (nSPS) is 16.1. The van der Waals surface area contributed by atoms with Gasteiger partial charge in [0.05, 0.1) is 29.2 Å². The first kappa shape index (κ1) is 23.6. The summed E-state index contributed by atoms with van der Waals surface area (Å²) in [5.41, 5.74) is 1.22. The first-order valence-electron chi connectivity index (χ1n) is 10.5. The third-order valence-electron chi connectivity index (χ3n) is 5.22. The number of nitrogens with zero attached hydrogens (tertiary/aromatic N) is 4. The fourth-order valence-corrected chi connectivity index (χ4v) is 5.35. The van der Waals surface area contributed by atoms with Crippen molar-refractivity contribution in [1.82, 2.24) is 5.01 Å². The number of carbonyl (C=O) groups excluding carboxylic acids is 1. The summed E-state index contributed by atoms with van der Waals surface area (Å²) in [5, 5.41) is 26.1. The van der Waals surface area contributed by atoms with Crippen LogP contribution in [0.2, 0.25) is 0 Å². The number of aliphatic imine (C=N–C) groups is 1. The fraction of sp³-hybridized carbons (Fsp3) is 0.0833. The molecule has 0 spiro atoms. The van der Waals surface area contributed by atoms with E-state index < -0.39 is 10.8 Å². The predicted octanol–water partition coefficient (Wildman–Crippen LogP) is 5.37. The first-order chi connectivity index (χ1) is 17.4. The first-order valence-corrected chi connectivity index (χ1v) is 12.3. The number of amidine groups is 2. The van der Waals surface area contributed by atoms with Crippen molar-refractivity contribution in [2.45, 2.75) is 5.75 Å². The number of fused-ring (bicyclic) bond motifs is 1. The number of rotatable bonds is 6. The van der Waals surface area contributed by atoms with Crippen LogP contribution in [-0.2, 0) is 10.5 Å². The van der Waals surface area contributed by atoms with E-state index in [9.17, 15) is 14.9 Å². The highest BCUT2D eigenvalue weighted by atomic mass is 32.2. The van der Waals surface area contributed by atoms with Crippen LogP contribution in [0.25, 0.3) is 17.4 Å². The maximum Gasteiger partial charge on any atom is 0.284 e. The highest BCUT2D eigenvalue weighted by Crippen LogP contribution is 2.36. The van der Waals surface area contributed by atoms with Crippen LogP contribution in [0.4, 0.5) is 5.69 Å². The molecule has 0 fully saturated rings. The van der Waals surface area contributed by atoms with Crippen LogP contribution in [-0.4, -0.2) is 38.3 Å². The lowest BCUT2D eigenvalue weighted by atomic mass is 10.1. The molecule has 12 heteroatoms. The van der Waals surface area contributed by atoms with Crippen molar-refractivity contribution in [2.24, 2.45) is 10.1 Å². The standard InChI is InChI=1S/C24H17N5O5S2/c1-33-15-7-9-17(19(12-15)29(31)32)20-10-8-16(34-20)11-18-21(25)28-23(26-22(18)30)36-24(27-28)35-13-14-5-3-2-4-6-14/h2-12,25H,13H2,1H3/b18-11-,25-21?. The quantitative estimate of drug-likeness (QED) is 0.261. The van der Waals surface area contributed by atoms with Crippen molar-refractivity contribution in [3.63, 3.8) is 0 Å². The minimum absolute atomic E-state index is 0.00235. The average Bonchev–Trinajstić information content (AvgIpc) is 3.52. The number of nitro groups is 1. The zero-order valence-corrected chi connectivity index (χ0v) is 20.3. The van der Waals surface area contributed by atoms with Gasteiger partial charge in [-0.05, 0) is 47.7 Å². The summed E-state index contributed by atoms with van der Waals surface area (Å²) in [6.45, 7) is 0. The number of hydrogen-bond donors (Lipinski definition) is 1. The maximum atomic E-state index is 12.7. The molecule has 0 unspecified atom stereocenters. The maximum absolute atomic E-state index is 12.7. The summed E-state index contributed by atoms with van der Waals surface area (Å²) < 4.78 is 11.5. The van der Waals surface area contributed by atoms with E-state index >= 15 is 0 Å². The van der Waals surface area contributed by atoms with Gasteiger partial charge in [-0.2, -0.15) is 10.0 Å². The Hall–Kier alpha value is -4.16. The number of benzene rings is 2. The smallest absolute Gasteiger partial charge is 0.284 e. The number of thioether (sulfide) groups is 2. The minimum atomic E-state index is -0.586. The Morgan fingerprint density at radius 3 is 2.78 bits per heavy atom. The molecule has 0 saturated carbocycles. The van der Waals surface area contributed by atoms with Gasteiger partial charge in [0.15, 0.2) is 10.2 Å². The number of methoxy groups -OCH3 is 1. The monoisotopic (exact) mass is 519 g/mol. The Balaban J connectivity index is 1.37. The van der Waals surface area contributed by atoms with Gasteiger partial charge in [0.1, 0.15) is 17.3 Å². The molecule has 2 aromatic carbocycles. The molecule has 180 valence electrons. The Morgan fingerprint density at radius 1 is 1.22 bits per heavy atom. The lowest BCUT2D eigenvalue weighted by Gasteiger charge is -2.19. The molecule has 10 nitrogen and oxygen atoms in total. The highest BCUT2D eigenvalue weighted by Gasteiger charge is 2.36. The number of furan rings is 1. The minimum Gasteiger partial charge on any atom is -0.497 e. The lowest BCUT2D eigenvalue weighted by molar-refractivity contribution is -0.384. The van der Waals surface area contributed by atoms with Crippen LogP contribution in [0.3, 0.4) is 0 Å². The fourth-order valence-electron chi connectivity index (χ4n) is 3.47. The van der Waals surface area contributed by atoms with Crippen molar-refractivity contribution < 1.29 is 18.9 Å². The topological polar surface area (TPSA) is 134 Å². The summed E-state index contributed by atoms with van der Waals surface area (Å²) in [6.07, 6.45) is 1.39. The van der Waals surface area contributed by atoms with E-state index in [-0.39, 0.29) is 34.2 Å². The van der Waals surface area contributed by atoms with Crippen molar-refractivity contribution in [3.8, 4) is 17.1 Å². The summed E-state index contributed by atoms with van der Waals surface area (Å²) in [6, 6.07) is 17.5. The number of nitrogens with one attached hydrogen (secondary N) is 1. The van der Waals surface area contributed by atoms with Crippen LogP contribution < -0.4 is 4.74 Å². The zero-order chi connectivity index (χ0) is 25.2. The summed E-state index contributed by atoms with van der Waals surface area (Å²) in [4.78, 5) is 27.8. The molecule has 0 aliphatic carbocycles.